The van der Waals surface area contributed by atoms with E-state index in [9.17, 15) is 4.79 Å². The van der Waals surface area contributed by atoms with E-state index in [1.807, 2.05) is 11.8 Å². The van der Waals surface area contributed by atoms with Crippen LogP contribution < -0.4 is 10.6 Å². The highest BCUT2D eigenvalue weighted by molar-refractivity contribution is 8.00. The lowest BCUT2D eigenvalue weighted by atomic mass is 10.1. The Labute approximate surface area is 114 Å². The first kappa shape index (κ1) is 14.2. The highest BCUT2D eigenvalue weighted by Gasteiger charge is 2.33. The molecule has 1 amide bonds. The van der Waals surface area contributed by atoms with E-state index in [-0.39, 0.29) is 5.91 Å². The lowest BCUT2D eigenvalue weighted by Gasteiger charge is -2.29. The van der Waals surface area contributed by atoms with Gasteiger partial charge in [-0.2, -0.15) is 11.8 Å². The molecule has 0 aromatic heterocycles. The molecule has 1 saturated heterocycles. The number of amides is 1. The molecule has 18 heavy (non-hydrogen) atoms. The van der Waals surface area contributed by atoms with Gasteiger partial charge >= 0.3 is 0 Å². The van der Waals surface area contributed by atoms with Crippen molar-refractivity contribution in [1.29, 1.82) is 0 Å². The number of nitrogens with zero attached hydrogens (tertiary/aromatic N) is 1. The fourth-order valence-corrected chi connectivity index (χ4v) is 3.77. The molecule has 1 aliphatic heterocycles. The standard InChI is InChI=1S/C13H25N3OS/c1-18-13(4-2-3-5-13)11-15-12(17)10-16-8-6-14-7-9-16/h14H,2-11H2,1H3,(H,15,17). The molecule has 5 heteroatoms. The Morgan fingerprint density at radius 3 is 2.61 bits per heavy atom. The highest BCUT2D eigenvalue weighted by Crippen LogP contribution is 2.39. The highest BCUT2D eigenvalue weighted by atomic mass is 32.2. The zero-order valence-electron chi connectivity index (χ0n) is 11.3. The lowest BCUT2D eigenvalue weighted by molar-refractivity contribution is -0.122. The Balaban J connectivity index is 1.70. The average Bonchev–Trinajstić information content (AvgIpc) is 2.87. The van der Waals surface area contributed by atoms with Gasteiger partial charge in [-0.1, -0.05) is 12.8 Å². The molecule has 4 nitrogen and oxygen atoms in total. The monoisotopic (exact) mass is 271 g/mol. The van der Waals surface area contributed by atoms with Crippen molar-refractivity contribution in [2.45, 2.75) is 30.4 Å². The summed E-state index contributed by atoms with van der Waals surface area (Å²) in [7, 11) is 0. The molecule has 2 N–H and O–H groups in total. The van der Waals surface area contributed by atoms with Gasteiger partial charge in [0.2, 0.25) is 5.91 Å². The smallest absolute Gasteiger partial charge is 0.234 e. The van der Waals surface area contributed by atoms with Crippen LogP contribution in [-0.2, 0) is 4.79 Å². The third-order valence-corrected chi connectivity index (χ3v) is 5.55. The molecule has 1 aliphatic carbocycles. The van der Waals surface area contributed by atoms with Gasteiger partial charge in [0.05, 0.1) is 6.54 Å². The van der Waals surface area contributed by atoms with Gasteiger partial charge in [0, 0.05) is 37.5 Å². The third kappa shape index (κ3) is 3.87. The summed E-state index contributed by atoms with van der Waals surface area (Å²) in [5.74, 6) is 0.192. The minimum Gasteiger partial charge on any atom is -0.354 e. The maximum Gasteiger partial charge on any atom is 0.234 e. The molecule has 0 spiro atoms. The molecular formula is C13H25N3OS. The van der Waals surface area contributed by atoms with Crippen molar-refractivity contribution in [3.05, 3.63) is 0 Å². The summed E-state index contributed by atoms with van der Waals surface area (Å²) >= 11 is 1.93. The van der Waals surface area contributed by atoms with Crippen LogP contribution in [0.25, 0.3) is 0 Å². The van der Waals surface area contributed by atoms with Crippen molar-refractivity contribution in [2.24, 2.45) is 0 Å². The van der Waals surface area contributed by atoms with Gasteiger partial charge in [-0.25, -0.2) is 0 Å². The van der Waals surface area contributed by atoms with Crippen LogP contribution in [0.2, 0.25) is 0 Å². The van der Waals surface area contributed by atoms with E-state index in [0.717, 1.165) is 32.7 Å². The summed E-state index contributed by atoms with van der Waals surface area (Å²) in [5, 5.41) is 6.44. The summed E-state index contributed by atoms with van der Waals surface area (Å²) in [6, 6.07) is 0. The Kier molecular flexibility index (Phi) is 5.33. The molecule has 1 saturated carbocycles. The minimum absolute atomic E-state index is 0.192. The average molecular weight is 271 g/mol. The summed E-state index contributed by atoms with van der Waals surface area (Å²) in [6.45, 7) is 5.39. The summed E-state index contributed by atoms with van der Waals surface area (Å²) in [6.07, 6.45) is 7.31. The molecule has 2 aliphatic rings. The molecule has 104 valence electrons. The number of hydrogen-bond donors (Lipinski definition) is 2. The van der Waals surface area contributed by atoms with Gasteiger partial charge in [0.15, 0.2) is 0 Å². The second kappa shape index (κ2) is 6.78. The van der Waals surface area contributed by atoms with Crippen LogP contribution in [0.1, 0.15) is 25.7 Å². The number of hydrogen-bond acceptors (Lipinski definition) is 4. The number of carbonyl (C=O) groups is 1. The van der Waals surface area contributed by atoms with E-state index in [2.05, 4.69) is 21.8 Å². The molecular weight excluding hydrogens is 246 g/mol. The predicted octanol–water partition coefficient (Wildman–Crippen LogP) is 0.684. The van der Waals surface area contributed by atoms with Crippen LogP contribution in [-0.4, -0.2) is 61.1 Å². The van der Waals surface area contributed by atoms with E-state index in [1.54, 1.807) is 0 Å². The van der Waals surface area contributed by atoms with Crippen molar-refractivity contribution >= 4 is 17.7 Å². The number of piperazine rings is 1. The minimum atomic E-state index is 0.192. The number of carbonyl (C=O) groups excluding carboxylic acids is 1. The van der Waals surface area contributed by atoms with Crippen molar-refractivity contribution < 1.29 is 4.79 Å². The Hall–Kier alpha value is -0.260. The summed E-state index contributed by atoms with van der Waals surface area (Å²) in [4.78, 5) is 14.2. The number of nitrogens with one attached hydrogen (secondary N) is 2. The number of rotatable bonds is 5. The van der Waals surface area contributed by atoms with Gasteiger partial charge in [0.25, 0.3) is 0 Å². The molecule has 2 rings (SSSR count). The van der Waals surface area contributed by atoms with Gasteiger partial charge in [0.1, 0.15) is 0 Å². The summed E-state index contributed by atoms with van der Waals surface area (Å²) < 4.78 is 0.319. The van der Waals surface area contributed by atoms with Crippen molar-refractivity contribution in [1.82, 2.24) is 15.5 Å². The van der Waals surface area contributed by atoms with Crippen LogP contribution in [0, 0.1) is 0 Å². The van der Waals surface area contributed by atoms with Crippen LogP contribution in [0.15, 0.2) is 0 Å². The zero-order valence-corrected chi connectivity index (χ0v) is 12.2. The van der Waals surface area contributed by atoms with Crippen LogP contribution >= 0.6 is 11.8 Å². The molecule has 1 heterocycles. The van der Waals surface area contributed by atoms with Crippen LogP contribution in [0.3, 0.4) is 0 Å². The maximum atomic E-state index is 11.9. The Bertz CT molecular complexity index is 273. The lowest BCUT2D eigenvalue weighted by Crippen LogP contribution is -2.49. The first-order valence-corrected chi connectivity index (χ1v) is 8.21. The van der Waals surface area contributed by atoms with E-state index >= 15 is 0 Å². The van der Waals surface area contributed by atoms with E-state index < -0.39 is 0 Å². The second-order valence-corrected chi connectivity index (χ2v) is 6.67. The SMILES string of the molecule is CSC1(CNC(=O)CN2CCNCC2)CCCC1. The molecule has 0 aromatic carbocycles. The topological polar surface area (TPSA) is 44.4 Å². The zero-order chi connectivity index (χ0) is 12.8. The second-order valence-electron chi connectivity index (χ2n) is 5.40. The van der Waals surface area contributed by atoms with Gasteiger partial charge < -0.3 is 10.6 Å². The Morgan fingerprint density at radius 1 is 1.33 bits per heavy atom. The van der Waals surface area contributed by atoms with E-state index in [4.69, 9.17) is 0 Å². The van der Waals surface area contributed by atoms with E-state index in [1.165, 1.54) is 25.7 Å². The molecule has 0 bridgehead atoms. The van der Waals surface area contributed by atoms with Crippen LogP contribution in [0.4, 0.5) is 0 Å². The molecule has 0 atom stereocenters. The predicted molar refractivity (Wildman–Crippen MR) is 77.0 cm³/mol. The first-order chi connectivity index (χ1) is 8.74. The van der Waals surface area contributed by atoms with Crippen molar-refractivity contribution in [3.63, 3.8) is 0 Å². The molecule has 0 radical (unpaired) electrons. The van der Waals surface area contributed by atoms with Gasteiger partial charge in [-0.05, 0) is 19.1 Å². The van der Waals surface area contributed by atoms with E-state index in [0.29, 0.717) is 11.3 Å². The fourth-order valence-electron chi connectivity index (χ4n) is 2.86. The van der Waals surface area contributed by atoms with Gasteiger partial charge in [-0.15, -0.1) is 0 Å². The van der Waals surface area contributed by atoms with Gasteiger partial charge in [-0.3, -0.25) is 9.69 Å². The molecule has 0 unspecified atom stereocenters. The third-order valence-electron chi connectivity index (χ3n) is 4.13. The number of thioether (sulfide) groups is 1. The molecule has 2 fully saturated rings. The first-order valence-electron chi connectivity index (χ1n) is 6.99. The Morgan fingerprint density at radius 2 is 2.00 bits per heavy atom. The fraction of sp³-hybridized carbons (Fsp3) is 0.923. The molecule has 0 aromatic rings. The maximum absolute atomic E-state index is 11.9. The quantitative estimate of drug-likeness (QED) is 0.772. The summed E-state index contributed by atoms with van der Waals surface area (Å²) in [5.41, 5.74) is 0. The largest absolute Gasteiger partial charge is 0.354 e. The van der Waals surface area contributed by atoms with Crippen LogP contribution in [0.5, 0.6) is 0 Å². The van der Waals surface area contributed by atoms with Crippen molar-refractivity contribution in [3.8, 4) is 0 Å². The van der Waals surface area contributed by atoms with Crippen molar-refractivity contribution in [2.75, 3.05) is 45.5 Å². The normalized spacial score (nSPS) is 24.1.